The number of benzene rings is 2. The molecule has 0 amide bonds. The van der Waals surface area contributed by atoms with Crippen LogP contribution >= 0.6 is 0 Å². The van der Waals surface area contributed by atoms with E-state index in [0.717, 1.165) is 16.3 Å². The summed E-state index contributed by atoms with van der Waals surface area (Å²) >= 11 is 0. The van der Waals surface area contributed by atoms with Gasteiger partial charge in [-0.15, -0.1) is 0 Å². The number of hydrogen-bond acceptors (Lipinski definition) is 4. The molecule has 0 N–H and O–H groups in total. The first-order valence-corrected chi connectivity index (χ1v) is 7.60. The zero-order valence-corrected chi connectivity index (χ0v) is 14.2. The second-order valence-corrected chi connectivity index (χ2v) is 5.55. The van der Waals surface area contributed by atoms with Gasteiger partial charge in [0.05, 0.1) is 0 Å². The number of carbonyl (C=O) groups excluding carboxylic acids is 2. The molecule has 0 atom stereocenters. The lowest BCUT2D eigenvalue weighted by Gasteiger charge is -2.05. The molecule has 2 rings (SSSR count). The van der Waals surface area contributed by atoms with E-state index in [0.29, 0.717) is 16.9 Å². The quantitative estimate of drug-likeness (QED) is 0.369. The maximum absolute atomic E-state index is 11.6. The molecule has 0 unspecified atom stereocenters. The average Bonchev–Trinajstić information content (AvgIpc) is 2.58. The third-order valence-electron chi connectivity index (χ3n) is 3.23. The molecular weight excluding hydrogens is 316 g/mol. The molecule has 25 heavy (non-hydrogen) atoms. The maximum atomic E-state index is 11.6. The van der Waals surface area contributed by atoms with Gasteiger partial charge in [0.1, 0.15) is 5.75 Å². The third kappa shape index (κ3) is 5.08. The molecule has 4 heteroatoms. The molecule has 0 spiro atoms. The van der Waals surface area contributed by atoms with E-state index in [1.54, 1.807) is 26.0 Å². The fourth-order valence-corrected chi connectivity index (χ4v) is 1.92. The van der Waals surface area contributed by atoms with Crippen molar-refractivity contribution in [2.45, 2.75) is 13.8 Å². The van der Waals surface area contributed by atoms with Crippen molar-refractivity contribution in [3.63, 3.8) is 0 Å². The van der Waals surface area contributed by atoms with Crippen molar-refractivity contribution in [3.8, 4) is 17.6 Å². The Morgan fingerprint density at radius 1 is 0.960 bits per heavy atom. The van der Waals surface area contributed by atoms with Crippen LogP contribution in [0, 0.1) is 11.8 Å². The van der Waals surface area contributed by atoms with Crippen LogP contribution in [0.4, 0.5) is 0 Å². The molecule has 2 aromatic rings. The van der Waals surface area contributed by atoms with E-state index < -0.39 is 11.9 Å². The van der Waals surface area contributed by atoms with Gasteiger partial charge in [-0.2, -0.15) is 0 Å². The normalized spacial score (nSPS) is 9.68. The number of ether oxygens (including phenoxy) is 2. The number of rotatable bonds is 4. The van der Waals surface area contributed by atoms with Crippen LogP contribution in [0.25, 0.3) is 10.8 Å². The van der Waals surface area contributed by atoms with Crippen LogP contribution in [0.15, 0.2) is 60.7 Å². The van der Waals surface area contributed by atoms with Crippen LogP contribution in [0.5, 0.6) is 5.75 Å². The lowest BCUT2D eigenvalue weighted by atomic mass is 10.1. The molecule has 0 aliphatic rings. The SMILES string of the molecule is C=C(C)C(=O)OCC#Cc1ccc2cc(OC(=O)C(=C)C)ccc2c1. The Balaban J connectivity index is 2.10. The fourth-order valence-electron chi connectivity index (χ4n) is 1.92. The first-order valence-electron chi connectivity index (χ1n) is 7.60. The largest absolute Gasteiger partial charge is 0.449 e. The van der Waals surface area contributed by atoms with Crippen LogP contribution in [0.2, 0.25) is 0 Å². The van der Waals surface area contributed by atoms with Gasteiger partial charge >= 0.3 is 11.9 Å². The van der Waals surface area contributed by atoms with Gasteiger partial charge in [-0.05, 0) is 48.9 Å². The Morgan fingerprint density at radius 2 is 1.60 bits per heavy atom. The molecule has 0 bridgehead atoms. The van der Waals surface area contributed by atoms with E-state index in [1.807, 2.05) is 24.3 Å². The van der Waals surface area contributed by atoms with Crippen LogP contribution in [0.3, 0.4) is 0 Å². The summed E-state index contributed by atoms with van der Waals surface area (Å²) in [5.74, 6) is 5.29. The minimum absolute atomic E-state index is 0.0134. The Labute approximate surface area is 146 Å². The van der Waals surface area contributed by atoms with Gasteiger partial charge in [0.15, 0.2) is 6.61 Å². The standard InChI is InChI=1S/C21H18O4/c1-14(2)20(22)24-11-5-6-16-7-8-18-13-19(10-9-17(18)12-16)25-21(23)15(3)4/h7-10,12-13H,1,3,11H2,2,4H3. The van der Waals surface area contributed by atoms with Crippen molar-refractivity contribution >= 4 is 22.7 Å². The summed E-state index contributed by atoms with van der Waals surface area (Å²) in [5, 5.41) is 1.88. The first-order chi connectivity index (χ1) is 11.9. The van der Waals surface area contributed by atoms with E-state index >= 15 is 0 Å². The van der Waals surface area contributed by atoms with Crippen molar-refractivity contribution < 1.29 is 19.1 Å². The maximum Gasteiger partial charge on any atom is 0.338 e. The molecule has 0 aliphatic heterocycles. The molecule has 126 valence electrons. The van der Waals surface area contributed by atoms with Gasteiger partial charge in [0.2, 0.25) is 0 Å². The van der Waals surface area contributed by atoms with E-state index in [4.69, 9.17) is 9.47 Å². The molecule has 0 radical (unpaired) electrons. The Bertz CT molecular complexity index is 926. The smallest absolute Gasteiger partial charge is 0.338 e. The molecule has 0 aromatic heterocycles. The number of esters is 2. The van der Waals surface area contributed by atoms with E-state index in [1.165, 1.54) is 0 Å². The van der Waals surface area contributed by atoms with Crippen molar-refractivity contribution in [1.29, 1.82) is 0 Å². The fraction of sp³-hybridized carbons (Fsp3) is 0.143. The summed E-state index contributed by atoms with van der Waals surface area (Å²) in [6.07, 6.45) is 0. The summed E-state index contributed by atoms with van der Waals surface area (Å²) < 4.78 is 10.1. The molecular formula is C21H18O4. The van der Waals surface area contributed by atoms with Crippen LogP contribution < -0.4 is 4.74 Å². The minimum atomic E-state index is -0.454. The van der Waals surface area contributed by atoms with Crippen LogP contribution in [-0.4, -0.2) is 18.5 Å². The summed E-state index contributed by atoms with van der Waals surface area (Å²) in [6.45, 7) is 10.3. The van der Waals surface area contributed by atoms with E-state index in [-0.39, 0.29) is 6.61 Å². The Hall–Kier alpha value is -3.32. The van der Waals surface area contributed by atoms with Gasteiger partial charge in [0.25, 0.3) is 0 Å². The summed E-state index contributed by atoms with van der Waals surface area (Å²) in [4.78, 5) is 22.8. The van der Waals surface area contributed by atoms with Crippen molar-refractivity contribution in [2.75, 3.05) is 6.61 Å². The summed E-state index contributed by atoms with van der Waals surface area (Å²) in [5.41, 5.74) is 1.49. The van der Waals surface area contributed by atoms with Crippen molar-refractivity contribution in [3.05, 3.63) is 66.3 Å². The topological polar surface area (TPSA) is 52.6 Å². The molecule has 0 saturated heterocycles. The third-order valence-corrected chi connectivity index (χ3v) is 3.23. The Morgan fingerprint density at radius 3 is 2.28 bits per heavy atom. The lowest BCUT2D eigenvalue weighted by Crippen LogP contribution is -2.07. The van der Waals surface area contributed by atoms with Crippen LogP contribution in [0.1, 0.15) is 19.4 Å². The van der Waals surface area contributed by atoms with Gasteiger partial charge in [-0.1, -0.05) is 37.1 Å². The first kappa shape index (κ1) is 18.0. The monoisotopic (exact) mass is 334 g/mol. The predicted molar refractivity (Wildman–Crippen MR) is 97.0 cm³/mol. The zero-order valence-electron chi connectivity index (χ0n) is 14.2. The number of fused-ring (bicyclic) bond motifs is 1. The van der Waals surface area contributed by atoms with Crippen molar-refractivity contribution in [1.82, 2.24) is 0 Å². The highest BCUT2D eigenvalue weighted by Gasteiger charge is 2.06. The van der Waals surface area contributed by atoms with Crippen molar-refractivity contribution in [2.24, 2.45) is 0 Å². The number of carbonyl (C=O) groups is 2. The molecule has 2 aromatic carbocycles. The summed E-state index contributed by atoms with van der Waals surface area (Å²) in [6, 6.07) is 11.0. The van der Waals surface area contributed by atoms with E-state index in [2.05, 4.69) is 25.0 Å². The second-order valence-electron chi connectivity index (χ2n) is 5.55. The molecule has 4 nitrogen and oxygen atoms in total. The molecule has 0 fully saturated rings. The molecule has 0 heterocycles. The highest BCUT2D eigenvalue weighted by molar-refractivity contribution is 5.90. The van der Waals surface area contributed by atoms with Gasteiger partial charge in [0, 0.05) is 16.7 Å². The lowest BCUT2D eigenvalue weighted by molar-refractivity contribution is -0.137. The molecule has 0 aliphatic carbocycles. The predicted octanol–water partition coefficient (Wildman–Crippen LogP) is 3.79. The highest BCUT2D eigenvalue weighted by atomic mass is 16.5. The van der Waals surface area contributed by atoms with Gasteiger partial charge in [-0.3, -0.25) is 0 Å². The second kappa shape index (κ2) is 7.98. The van der Waals surface area contributed by atoms with Gasteiger partial charge < -0.3 is 9.47 Å². The van der Waals surface area contributed by atoms with Crippen LogP contribution in [-0.2, 0) is 14.3 Å². The van der Waals surface area contributed by atoms with Gasteiger partial charge in [-0.25, -0.2) is 9.59 Å². The van der Waals surface area contributed by atoms with E-state index in [9.17, 15) is 9.59 Å². The minimum Gasteiger partial charge on any atom is -0.449 e. The summed E-state index contributed by atoms with van der Waals surface area (Å²) in [7, 11) is 0. The Kier molecular flexibility index (Phi) is 5.75. The number of hydrogen-bond donors (Lipinski definition) is 0. The highest BCUT2D eigenvalue weighted by Crippen LogP contribution is 2.22. The molecule has 0 saturated carbocycles. The average molecular weight is 334 g/mol. The zero-order chi connectivity index (χ0) is 18.4.